The van der Waals surface area contributed by atoms with Gasteiger partial charge in [-0.3, -0.25) is 14.5 Å². The third-order valence-electron chi connectivity index (χ3n) is 3.63. The van der Waals surface area contributed by atoms with Crippen molar-refractivity contribution in [2.24, 2.45) is 0 Å². The molecule has 5 nitrogen and oxygen atoms in total. The van der Waals surface area contributed by atoms with Gasteiger partial charge in [0, 0.05) is 0 Å². The number of benzene rings is 2. The maximum absolute atomic E-state index is 13.0. The minimum Gasteiger partial charge on any atom is -0.423 e. The molecule has 1 heterocycles. The Bertz CT molecular complexity index is 854. The average Bonchev–Trinajstić information content (AvgIpc) is 2.84. The smallest absolute Gasteiger partial charge is 0.423 e. The van der Waals surface area contributed by atoms with E-state index in [4.69, 9.17) is 0 Å². The van der Waals surface area contributed by atoms with Crippen LogP contribution in [0.3, 0.4) is 0 Å². The Labute approximate surface area is 147 Å². The lowest BCUT2D eigenvalue weighted by molar-refractivity contribution is -0.123. The molecule has 0 spiro atoms. The summed E-state index contributed by atoms with van der Waals surface area (Å²) in [6, 6.07) is 12.0. The van der Waals surface area contributed by atoms with E-state index in [0.29, 0.717) is 16.6 Å². The minimum absolute atomic E-state index is 0.0671. The summed E-state index contributed by atoms with van der Waals surface area (Å²) in [6.45, 7) is 0.0671. The molecule has 0 atom stereocenters. The van der Waals surface area contributed by atoms with Crippen LogP contribution >= 0.6 is 11.8 Å². The third-order valence-corrected chi connectivity index (χ3v) is 4.54. The lowest BCUT2D eigenvalue weighted by Crippen LogP contribution is -2.29. The molecule has 1 fully saturated rings. The molecule has 1 aliphatic rings. The first-order valence-corrected chi connectivity index (χ1v) is 8.21. The number of carbonyl (C=O) groups is 2. The largest absolute Gasteiger partial charge is 0.488 e. The summed E-state index contributed by atoms with van der Waals surface area (Å²) in [7, 11) is -1.61. The van der Waals surface area contributed by atoms with Gasteiger partial charge in [-0.15, -0.1) is 0 Å². The molecule has 126 valence electrons. The maximum Gasteiger partial charge on any atom is 0.488 e. The maximum atomic E-state index is 13.0. The van der Waals surface area contributed by atoms with Gasteiger partial charge >= 0.3 is 7.12 Å². The van der Waals surface area contributed by atoms with Gasteiger partial charge in [0.25, 0.3) is 11.1 Å². The zero-order valence-electron chi connectivity index (χ0n) is 12.9. The molecule has 2 N–H and O–H groups in total. The Morgan fingerprint density at radius 3 is 2.52 bits per heavy atom. The molecule has 0 aliphatic carbocycles. The fraction of sp³-hybridized carbons (Fsp3) is 0.0588. The molecule has 0 unspecified atom stereocenters. The molecule has 0 aromatic heterocycles. The fourth-order valence-electron chi connectivity index (χ4n) is 2.37. The van der Waals surface area contributed by atoms with E-state index in [1.165, 1.54) is 36.4 Å². The predicted octanol–water partition coefficient (Wildman–Crippen LogP) is 1.74. The van der Waals surface area contributed by atoms with Crippen molar-refractivity contribution in [1.82, 2.24) is 4.90 Å². The van der Waals surface area contributed by atoms with Crippen LogP contribution in [0.15, 0.2) is 53.4 Å². The van der Waals surface area contributed by atoms with Crippen molar-refractivity contribution in [3.63, 3.8) is 0 Å². The quantitative estimate of drug-likeness (QED) is 0.644. The standard InChI is InChI=1S/C17H13BFNO4S/c19-14-6-4-11(5-7-14)10-20-16(21)15(25-17(20)22)9-12-2-1-3-13(8-12)18(23)24/h1-9,23-24H,10H2/b15-9-. The molecule has 2 aromatic rings. The minimum atomic E-state index is -1.61. The Morgan fingerprint density at radius 1 is 1.12 bits per heavy atom. The van der Waals surface area contributed by atoms with E-state index >= 15 is 0 Å². The van der Waals surface area contributed by atoms with Crippen molar-refractivity contribution >= 4 is 41.6 Å². The van der Waals surface area contributed by atoms with Gasteiger partial charge < -0.3 is 10.0 Å². The fourth-order valence-corrected chi connectivity index (χ4v) is 3.21. The van der Waals surface area contributed by atoms with E-state index in [1.807, 2.05) is 0 Å². The van der Waals surface area contributed by atoms with Crippen LogP contribution < -0.4 is 5.46 Å². The SMILES string of the molecule is O=C1S/C(=C\c2cccc(B(O)O)c2)C(=O)N1Cc1ccc(F)cc1. The zero-order valence-corrected chi connectivity index (χ0v) is 13.7. The van der Waals surface area contributed by atoms with Crippen LogP contribution in [-0.4, -0.2) is 33.2 Å². The summed E-state index contributed by atoms with van der Waals surface area (Å²) in [5, 5.41) is 18.0. The van der Waals surface area contributed by atoms with Crippen LogP contribution in [-0.2, 0) is 11.3 Å². The first-order valence-electron chi connectivity index (χ1n) is 7.40. The van der Waals surface area contributed by atoms with Gasteiger partial charge in [-0.1, -0.05) is 36.4 Å². The Kier molecular flexibility index (Phi) is 5.03. The van der Waals surface area contributed by atoms with E-state index in [-0.39, 0.29) is 17.3 Å². The van der Waals surface area contributed by atoms with Gasteiger partial charge in [0.1, 0.15) is 5.82 Å². The zero-order chi connectivity index (χ0) is 18.0. The number of carbonyl (C=O) groups excluding carboxylic acids is 2. The van der Waals surface area contributed by atoms with E-state index in [0.717, 1.165) is 16.7 Å². The highest BCUT2D eigenvalue weighted by Gasteiger charge is 2.35. The molecule has 0 radical (unpaired) electrons. The van der Waals surface area contributed by atoms with Crippen LogP contribution in [0.5, 0.6) is 0 Å². The summed E-state index contributed by atoms with van der Waals surface area (Å²) in [5.41, 5.74) is 1.52. The average molecular weight is 357 g/mol. The molecule has 1 saturated heterocycles. The van der Waals surface area contributed by atoms with Crippen LogP contribution in [0.2, 0.25) is 0 Å². The molecule has 0 saturated carbocycles. The molecule has 2 aromatic carbocycles. The van der Waals surface area contributed by atoms with Gasteiger partial charge in [0.15, 0.2) is 0 Å². The third kappa shape index (κ3) is 3.98. The number of amides is 2. The molecular weight excluding hydrogens is 344 g/mol. The number of thioether (sulfide) groups is 1. The summed E-state index contributed by atoms with van der Waals surface area (Å²) < 4.78 is 13.0. The molecule has 3 rings (SSSR count). The molecular formula is C17H13BFNO4S. The number of hydrogen-bond donors (Lipinski definition) is 2. The summed E-state index contributed by atoms with van der Waals surface area (Å²) in [5.74, 6) is -0.821. The van der Waals surface area contributed by atoms with Gasteiger partial charge in [0.05, 0.1) is 11.4 Å². The summed E-state index contributed by atoms with van der Waals surface area (Å²) in [6.07, 6.45) is 1.53. The summed E-state index contributed by atoms with van der Waals surface area (Å²) >= 11 is 0.813. The second-order valence-corrected chi connectivity index (χ2v) is 6.43. The van der Waals surface area contributed by atoms with E-state index in [2.05, 4.69) is 0 Å². The summed E-state index contributed by atoms with van der Waals surface area (Å²) in [4.78, 5) is 25.9. The number of imide groups is 1. The first-order chi connectivity index (χ1) is 11.9. The van der Waals surface area contributed by atoms with Crippen LogP contribution in [0.25, 0.3) is 6.08 Å². The van der Waals surface area contributed by atoms with Crippen molar-refractivity contribution < 1.29 is 24.0 Å². The highest BCUT2D eigenvalue weighted by atomic mass is 32.2. The Balaban J connectivity index is 1.81. The molecule has 25 heavy (non-hydrogen) atoms. The van der Waals surface area contributed by atoms with Crippen LogP contribution in [0, 0.1) is 5.82 Å². The van der Waals surface area contributed by atoms with Gasteiger partial charge in [-0.25, -0.2) is 4.39 Å². The number of rotatable bonds is 4. The monoisotopic (exact) mass is 357 g/mol. The van der Waals surface area contributed by atoms with Crippen molar-refractivity contribution in [3.05, 3.63) is 70.4 Å². The molecule has 1 aliphatic heterocycles. The number of hydrogen-bond acceptors (Lipinski definition) is 5. The van der Waals surface area contributed by atoms with Crippen molar-refractivity contribution in [2.75, 3.05) is 0 Å². The van der Waals surface area contributed by atoms with Crippen LogP contribution in [0.1, 0.15) is 11.1 Å². The molecule has 8 heteroatoms. The van der Waals surface area contributed by atoms with E-state index in [1.54, 1.807) is 18.2 Å². The first kappa shape index (κ1) is 17.4. The van der Waals surface area contributed by atoms with Gasteiger partial charge in [-0.05, 0) is 46.6 Å². The van der Waals surface area contributed by atoms with Crippen molar-refractivity contribution in [2.45, 2.75) is 6.54 Å². The van der Waals surface area contributed by atoms with Gasteiger partial charge in [0.2, 0.25) is 0 Å². The highest BCUT2D eigenvalue weighted by molar-refractivity contribution is 8.18. The lowest BCUT2D eigenvalue weighted by Gasteiger charge is -2.12. The predicted molar refractivity (Wildman–Crippen MR) is 94.2 cm³/mol. The normalized spacial score (nSPS) is 16.0. The second kappa shape index (κ2) is 7.22. The molecule has 0 bridgehead atoms. The van der Waals surface area contributed by atoms with E-state index < -0.39 is 18.3 Å². The number of halogens is 1. The Hall–Kier alpha value is -2.42. The second-order valence-electron chi connectivity index (χ2n) is 5.44. The van der Waals surface area contributed by atoms with Crippen molar-refractivity contribution in [3.8, 4) is 0 Å². The Morgan fingerprint density at radius 2 is 1.84 bits per heavy atom. The number of nitrogens with zero attached hydrogens (tertiary/aromatic N) is 1. The van der Waals surface area contributed by atoms with Crippen molar-refractivity contribution in [1.29, 1.82) is 0 Å². The molecule has 2 amide bonds. The van der Waals surface area contributed by atoms with Crippen LogP contribution in [0.4, 0.5) is 9.18 Å². The topological polar surface area (TPSA) is 77.8 Å². The lowest BCUT2D eigenvalue weighted by atomic mass is 9.79. The van der Waals surface area contributed by atoms with E-state index in [9.17, 15) is 24.0 Å². The van der Waals surface area contributed by atoms with Gasteiger partial charge in [-0.2, -0.15) is 0 Å². The highest BCUT2D eigenvalue weighted by Crippen LogP contribution is 2.33.